The number of para-hydroxylation sites is 2. The fourth-order valence-electron chi connectivity index (χ4n) is 3.64. The van der Waals surface area contributed by atoms with Crippen LogP contribution in [0.1, 0.15) is 24.0 Å². The Morgan fingerprint density at radius 2 is 1.93 bits per heavy atom. The molecular formula is C22H25N3O3S. The molecule has 0 radical (unpaired) electrons. The summed E-state index contributed by atoms with van der Waals surface area (Å²) in [5.41, 5.74) is 4.39. The van der Waals surface area contributed by atoms with Gasteiger partial charge in [0, 0.05) is 25.3 Å². The van der Waals surface area contributed by atoms with Crippen molar-refractivity contribution in [1.29, 1.82) is 0 Å². The first-order valence-corrected chi connectivity index (χ1v) is 10.8. The standard InChI is InChI=1S/C22H25N3O3S/c1-27-19-12-15-9-10-25(14-16(15)13-20(19)28-2)21(26)8-5-11-29-22-23-17-6-3-4-7-18(17)24-22/h3-4,6-7,12-13H,5,8-11,14H2,1-2H3,(H,23,24). The maximum atomic E-state index is 12.7. The molecule has 0 aliphatic carbocycles. The Kier molecular flexibility index (Phi) is 5.94. The van der Waals surface area contributed by atoms with E-state index in [2.05, 4.69) is 9.97 Å². The van der Waals surface area contributed by atoms with Crippen LogP contribution in [-0.2, 0) is 17.8 Å². The van der Waals surface area contributed by atoms with Gasteiger partial charge in [0.15, 0.2) is 16.7 Å². The van der Waals surface area contributed by atoms with E-state index in [0.29, 0.717) is 18.7 Å². The van der Waals surface area contributed by atoms with Crippen LogP contribution in [-0.4, -0.2) is 47.3 Å². The maximum Gasteiger partial charge on any atom is 0.222 e. The Morgan fingerprint density at radius 1 is 1.17 bits per heavy atom. The largest absolute Gasteiger partial charge is 0.493 e. The highest BCUT2D eigenvalue weighted by Crippen LogP contribution is 2.33. The van der Waals surface area contributed by atoms with Gasteiger partial charge in [0.1, 0.15) is 0 Å². The number of thioether (sulfide) groups is 1. The summed E-state index contributed by atoms with van der Waals surface area (Å²) in [5, 5.41) is 0.909. The Hall–Kier alpha value is -2.67. The number of imidazole rings is 1. The topological polar surface area (TPSA) is 67.5 Å². The summed E-state index contributed by atoms with van der Waals surface area (Å²) in [5.74, 6) is 2.52. The van der Waals surface area contributed by atoms with Crippen LogP contribution in [0.25, 0.3) is 11.0 Å². The molecule has 1 N–H and O–H groups in total. The van der Waals surface area contributed by atoms with Gasteiger partial charge in [-0.2, -0.15) is 0 Å². The van der Waals surface area contributed by atoms with Crippen LogP contribution in [0.3, 0.4) is 0 Å². The van der Waals surface area contributed by atoms with E-state index in [1.807, 2.05) is 41.3 Å². The molecule has 29 heavy (non-hydrogen) atoms. The van der Waals surface area contributed by atoms with Gasteiger partial charge in [-0.25, -0.2) is 4.98 Å². The van der Waals surface area contributed by atoms with Gasteiger partial charge in [-0.05, 0) is 48.2 Å². The van der Waals surface area contributed by atoms with E-state index in [4.69, 9.17) is 9.47 Å². The highest BCUT2D eigenvalue weighted by Gasteiger charge is 2.22. The van der Waals surface area contributed by atoms with Crippen LogP contribution in [0.2, 0.25) is 0 Å². The Morgan fingerprint density at radius 3 is 2.69 bits per heavy atom. The van der Waals surface area contributed by atoms with E-state index in [1.165, 1.54) is 5.56 Å². The molecule has 1 aromatic heterocycles. The van der Waals surface area contributed by atoms with Crippen molar-refractivity contribution in [2.45, 2.75) is 31.0 Å². The Balaban J connectivity index is 1.29. The van der Waals surface area contributed by atoms with Gasteiger partial charge in [0.2, 0.25) is 5.91 Å². The number of benzene rings is 2. The van der Waals surface area contributed by atoms with E-state index >= 15 is 0 Å². The minimum atomic E-state index is 0.204. The number of amides is 1. The number of fused-ring (bicyclic) bond motifs is 2. The van der Waals surface area contributed by atoms with Crippen LogP contribution < -0.4 is 9.47 Å². The van der Waals surface area contributed by atoms with E-state index in [9.17, 15) is 4.79 Å². The first-order valence-electron chi connectivity index (χ1n) is 9.77. The SMILES string of the molecule is COc1cc2c(cc1OC)CN(C(=O)CCCSc1nc3ccccc3[nH]1)CC2. The molecule has 2 aromatic carbocycles. The maximum absolute atomic E-state index is 12.7. The monoisotopic (exact) mass is 411 g/mol. The van der Waals surface area contributed by atoms with Crippen LogP contribution in [0.15, 0.2) is 41.6 Å². The second-order valence-electron chi connectivity index (χ2n) is 7.05. The molecule has 0 fully saturated rings. The normalized spacial score (nSPS) is 13.4. The number of rotatable bonds is 7. The minimum absolute atomic E-state index is 0.204. The fraction of sp³-hybridized carbons (Fsp3) is 0.364. The molecule has 152 valence electrons. The average Bonchev–Trinajstić information content (AvgIpc) is 3.18. The highest BCUT2D eigenvalue weighted by molar-refractivity contribution is 7.99. The Bertz CT molecular complexity index is 985. The lowest BCUT2D eigenvalue weighted by Crippen LogP contribution is -2.35. The third kappa shape index (κ3) is 4.34. The summed E-state index contributed by atoms with van der Waals surface area (Å²) >= 11 is 1.66. The summed E-state index contributed by atoms with van der Waals surface area (Å²) < 4.78 is 10.8. The molecule has 0 unspecified atom stereocenters. The lowest BCUT2D eigenvalue weighted by atomic mass is 9.98. The molecule has 0 saturated heterocycles. The number of carbonyl (C=O) groups is 1. The molecule has 0 saturated carbocycles. The molecule has 0 atom stereocenters. The second-order valence-corrected chi connectivity index (χ2v) is 8.14. The summed E-state index contributed by atoms with van der Waals surface area (Å²) in [7, 11) is 3.28. The number of nitrogens with one attached hydrogen (secondary N) is 1. The average molecular weight is 412 g/mol. The zero-order valence-electron chi connectivity index (χ0n) is 16.7. The van der Waals surface area contributed by atoms with Crippen LogP contribution in [0.4, 0.5) is 0 Å². The first-order chi connectivity index (χ1) is 14.2. The van der Waals surface area contributed by atoms with Crippen molar-refractivity contribution >= 4 is 28.7 Å². The van der Waals surface area contributed by atoms with Gasteiger partial charge in [-0.3, -0.25) is 4.79 Å². The van der Waals surface area contributed by atoms with Gasteiger partial charge in [0.25, 0.3) is 0 Å². The number of aromatic amines is 1. The summed E-state index contributed by atoms with van der Waals surface area (Å²) in [6.45, 7) is 1.38. The van der Waals surface area contributed by atoms with Crippen LogP contribution >= 0.6 is 11.8 Å². The lowest BCUT2D eigenvalue weighted by Gasteiger charge is -2.29. The van der Waals surface area contributed by atoms with E-state index < -0.39 is 0 Å². The van der Waals surface area contributed by atoms with Gasteiger partial charge in [0.05, 0.1) is 25.3 Å². The van der Waals surface area contributed by atoms with E-state index in [1.54, 1.807) is 26.0 Å². The predicted octanol–water partition coefficient (Wildman–Crippen LogP) is 4.04. The van der Waals surface area contributed by atoms with Gasteiger partial charge >= 0.3 is 0 Å². The van der Waals surface area contributed by atoms with Gasteiger partial charge in [-0.15, -0.1) is 0 Å². The number of ether oxygens (including phenoxy) is 2. The van der Waals surface area contributed by atoms with Gasteiger partial charge in [-0.1, -0.05) is 23.9 Å². The number of hydrogen-bond acceptors (Lipinski definition) is 5. The zero-order valence-corrected chi connectivity index (χ0v) is 17.6. The quantitative estimate of drug-likeness (QED) is 0.469. The van der Waals surface area contributed by atoms with Crippen molar-refractivity contribution in [3.05, 3.63) is 47.5 Å². The smallest absolute Gasteiger partial charge is 0.222 e. The first kappa shape index (κ1) is 19.6. The van der Waals surface area contributed by atoms with Crippen molar-refractivity contribution in [3.63, 3.8) is 0 Å². The molecule has 7 heteroatoms. The summed E-state index contributed by atoms with van der Waals surface area (Å²) in [6, 6.07) is 12.0. The second kappa shape index (κ2) is 8.78. The minimum Gasteiger partial charge on any atom is -0.493 e. The number of H-pyrrole nitrogens is 1. The third-order valence-electron chi connectivity index (χ3n) is 5.21. The molecular weight excluding hydrogens is 386 g/mol. The van der Waals surface area contributed by atoms with Crippen LogP contribution in [0.5, 0.6) is 11.5 Å². The molecule has 6 nitrogen and oxygen atoms in total. The number of hydrogen-bond donors (Lipinski definition) is 1. The number of carbonyl (C=O) groups excluding carboxylic acids is 1. The summed E-state index contributed by atoms with van der Waals surface area (Å²) in [6.07, 6.45) is 2.22. The summed E-state index contributed by atoms with van der Waals surface area (Å²) in [4.78, 5) is 22.5. The van der Waals surface area contributed by atoms with Gasteiger partial charge < -0.3 is 19.4 Å². The van der Waals surface area contributed by atoms with Crippen LogP contribution in [0, 0.1) is 0 Å². The molecule has 3 aromatic rings. The van der Waals surface area contributed by atoms with Crippen molar-refractivity contribution in [2.75, 3.05) is 26.5 Å². The van der Waals surface area contributed by atoms with Crippen molar-refractivity contribution in [2.24, 2.45) is 0 Å². The van der Waals surface area contributed by atoms with E-state index in [-0.39, 0.29) is 5.91 Å². The number of nitrogens with zero attached hydrogens (tertiary/aromatic N) is 2. The van der Waals surface area contributed by atoms with Crippen molar-refractivity contribution in [1.82, 2.24) is 14.9 Å². The molecule has 1 aliphatic rings. The highest BCUT2D eigenvalue weighted by atomic mass is 32.2. The fourth-order valence-corrected chi connectivity index (χ4v) is 4.47. The zero-order chi connectivity index (χ0) is 20.2. The third-order valence-corrected chi connectivity index (χ3v) is 6.17. The molecule has 4 rings (SSSR count). The molecule has 0 bridgehead atoms. The predicted molar refractivity (Wildman–Crippen MR) is 115 cm³/mol. The number of methoxy groups -OCH3 is 2. The van der Waals surface area contributed by atoms with Crippen molar-refractivity contribution < 1.29 is 14.3 Å². The Labute approximate surface area is 174 Å². The molecule has 2 heterocycles. The lowest BCUT2D eigenvalue weighted by molar-refractivity contribution is -0.132. The molecule has 1 amide bonds. The molecule has 1 aliphatic heterocycles. The number of aromatic nitrogens is 2. The van der Waals surface area contributed by atoms with Crippen molar-refractivity contribution in [3.8, 4) is 11.5 Å². The van der Waals surface area contributed by atoms with E-state index in [0.717, 1.165) is 52.6 Å². The molecule has 0 spiro atoms.